The summed E-state index contributed by atoms with van der Waals surface area (Å²) in [6.07, 6.45) is 47.3. The minimum Gasteiger partial charge on any atom is -0.756 e. The standard InChI is InChI=1S/C46H87N2O6P/c1-6-8-10-12-14-15-16-17-18-19-20-21-22-23-24-25-26-27-28-29-30-31-32-33-34-36-38-40-46(50)47-44(45(49)39-37-35-13-11-9-7-2)43-54-55(51,52)53-42-41-48(3,4)5/h8,10,14-15,17-18,20-21,44-45,49H,6-7,9,11-13,16,19,22-43H2,1-5H3,(H-,47,50,51,52)/b10-8-,15-14-,18-17-,21-20-. The van der Waals surface area contributed by atoms with Gasteiger partial charge in [-0.3, -0.25) is 9.36 Å². The molecule has 0 aromatic heterocycles. The number of quaternary nitrogens is 1. The molecule has 0 aliphatic rings. The van der Waals surface area contributed by atoms with Crippen molar-refractivity contribution in [1.29, 1.82) is 0 Å². The number of rotatable bonds is 40. The van der Waals surface area contributed by atoms with E-state index in [4.69, 9.17) is 9.05 Å². The lowest BCUT2D eigenvalue weighted by atomic mass is 10.0. The third-order valence-corrected chi connectivity index (χ3v) is 10.8. The van der Waals surface area contributed by atoms with Gasteiger partial charge >= 0.3 is 0 Å². The second kappa shape index (κ2) is 38.0. The molecule has 0 aromatic rings. The van der Waals surface area contributed by atoms with Crippen molar-refractivity contribution in [2.24, 2.45) is 0 Å². The molecule has 0 aliphatic heterocycles. The average molecular weight is 795 g/mol. The fourth-order valence-corrected chi connectivity index (χ4v) is 6.99. The van der Waals surface area contributed by atoms with Crippen molar-refractivity contribution in [3.05, 3.63) is 48.6 Å². The summed E-state index contributed by atoms with van der Waals surface area (Å²) in [6.45, 7) is 4.53. The molecule has 0 saturated carbocycles. The van der Waals surface area contributed by atoms with E-state index in [2.05, 4.69) is 67.8 Å². The van der Waals surface area contributed by atoms with Crippen LogP contribution in [0.4, 0.5) is 0 Å². The highest BCUT2D eigenvalue weighted by Gasteiger charge is 2.24. The van der Waals surface area contributed by atoms with E-state index in [1.165, 1.54) is 96.3 Å². The van der Waals surface area contributed by atoms with E-state index in [0.717, 1.165) is 64.2 Å². The number of carbonyl (C=O) groups is 1. The summed E-state index contributed by atoms with van der Waals surface area (Å²) in [6, 6.07) is -0.797. The SMILES string of the molecule is CC/C=C\C/C=C\C/C=C\C/C=C\CCCCCCCCCCCCCCCCC(=O)NC(COP(=O)([O-])OCC[N+](C)(C)C)C(O)CCCCCCCC. The fraction of sp³-hybridized carbons (Fsp3) is 0.804. The van der Waals surface area contributed by atoms with Crippen LogP contribution in [-0.2, 0) is 18.4 Å². The number of phosphoric acid groups is 1. The van der Waals surface area contributed by atoms with Crippen molar-refractivity contribution in [2.45, 2.75) is 199 Å². The molecule has 55 heavy (non-hydrogen) atoms. The van der Waals surface area contributed by atoms with Crippen LogP contribution in [-0.4, -0.2) is 68.5 Å². The highest BCUT2D eigenvalue weighted by Crippen LogP contribution is 2.38. The largest absolute Gasteiger partial charge is 0.756 e. The third kappa shape index (κ3) is 40.5. The van der Waals surface area contributed by atoms with Crippen molar-refractivity contribution in [1.82, 2.24) is 5.32 Å². The molecule has 2 N–H and O–H groups in total. The number of likely N-dealkylation sites (N-methyl/N-ethyl adjacent to an activating group) is 1. The number of nitrogens with one attached hydrogen (secondary N) is 1. The van der Waals surface area contributed by atoms with Gasteiger partial charge in [-0.25, -0.2) is 0 Å². The molecule has 9 heteroatoms. The van der Waals surface area contributed by atoms with Gasteiger partial charge in [0.25, 0.3) is 7.82 Å². The summed E-state index contributed by atoms with van der Waals surface area (Å²) in [4.78, 5) is 25.2. The van der Waals surface area contributed by atoms with Crippen molar-refractivity contribution in [2.75, 3.05) is 40.9 Å². The Morgan fingerprint density at radius 2 is 1.11 bits per heavy atom. The van der Waals surface area contributed by atoms with Gasteiger partial charge in [0.15, 0.2) is 0 Å². The quantitative estimate of drug-likeness (QED) is 0.0277. The van der Waals surface area contributed by atoms with Gasteiger partial charge in [0.2, 0.25) is 5.91 Å². The zero-order chi connectivity index (χ0) is 40.7. The third-order valence-electron chi connectivity index (χ3n) is 9.83. The van der Waals surface area contributed by atoms with Crippen LogP contribution < -0.4 is 10.2 Å². The predicted octanol–water partition coefficient (Wildman–Crippen LogP) is 11.8. The van der Waals surface area contributed by atoms with Crippen LogP contribution >= 0.6 is 7.82 Å². The number of carbonyl (C=O) groups excluding carboxylic acids is 1. The maximum atomic E-state index is 12.8. The van der Waals surface area contributed by atoms with Crippen LogP contribution in [0.1, 0.15) is 187 Å². The fourth-order valence-electron chi connectivity index (χ4n) is 6.26. The minimum atomic E-state index is -4.55. The molecule has 0 aliphatic carbocycles. The molecule has 0 bridgehead atoms. The molecule has 0 saturated heterocycles. The Bertz CT molecular complexity index is 1040. The number of allylic oxidation sites excluding steroid dienone is 8. The van der Waals surface area contributed by atoms with Crippen LogP contribution in [0.25, 0.3) is 0 Å². The summed E-state index contributed by atoms with van der Waals surface area (Å²) in [7, 11) is 1.30. The van der Waals surface area contributed by atoms with E-state index in [1.54, 1.807) is 0 Å². The Hall–Kier alpha value is -1.54. The molecular weight excluding hydrogens is 707 g/mol. The first kappa shape index (κ1) is 53.5. The van der Waals surface area contributed by atoms with Crippen molar-refractivity contribution < 1.29 is 32.9 Å². The van der Waals surface area contributed by atoms with Gasteiger partial charge in [-0.1, -0.05) is 178 Å². The summed E-state index contributed by atoms with van der Waals surface area (Å²) in [5.74, 6) is -0.173. The Morgan fingerprint density at radius 1 is 0.655 bits per heavy atom. The molecule has 0 rings (SSSR count). The summed E-state index contributed by atoms with van der Waals surface area (Å²) >= 11 is 0. The van der Waals surface area contributed by atoms with Crippen molar-refractivity contribution in [3.8, 4) is 0 Å². The summed E-state index contributed by atoms with van der Waals surface area (Å²) in [5.41, 5.74) is 0. The molecular formula is C46H87N2O6P. The molecule has 0 fully saturated rings. The Kier molecular flexibility index (Phi) is 36.9. The first-order valence-corrected chi connectivity index (χ1v) is 23.9. The van der Waals surface area contributed by atoms with E-state index in [-0.39, 0.29) is 19.1 Å². The lowest BCUT2D eigenvalue weighted by Gasteiger charge is -2.30. The normalized spacial score (nSPS) is 14.8. The second-order valence-corrected chi connectivity index (χ2v) is 17.8. The van der Waals surface area contributed by atoms with Gasteiger partial charge in [0.05, 0.1) is 39.9 Å². The molecule has 0 radical (unpaired) electrons. The van der Waals surface area contributed by atoms with Gasteiger partial charge in [-0.2, -0.15) is 0 Å². The number of hydrogen-bond donors (Lipinski definition) is 2. The monoisotopic (exact) mass is 795 g/mol. The molecule has 8 nitrogen and oxygen atoms in total. The number of nitrogens with zero attached hydrogens (tertiary/aromatic N) is 1. The van der Waals surface area contributed by atoms with Crippen molar-refractivity contribution >= 4 is 13.7 Å². The Labute approximate surface area is 339 Å². The number of aliphatic hydroxyl groups is 1. The topological polar surface area (TPSA) is 108 Å². The van der Waals surface area contributed by atoms with Crippen LogP contribution in [0.3, 0.4) is 0 Å². The van der Waals surface area contributed by atoms with Gasteiger partial charge in [-0.15, -0.1) is 0 Å². The first-order valence-electron chi connectivity index (χ1n) is 22.5. The average Bonchev–Trinajstić information content (AvgIpc) is 3.13. The maximum Gasteiger partial charge on any atom is 0.268 e. The minimum absolute atomic E-state index is 0.0105. The number of amides is 1. The lowest BCUT2D eigenvalue weighted by Crippen LogP contribution is -2.46. The maximum absolute atomic E-state index is 12.8. The highest BCUT2D eigenvalue weighted by atomic mass is 31.2. The van der Waals surface area contributed by atoms with Gasteiger partial charge in [0, 0.05) is 6.42 Å². The van der Waals surface area contributed by atoms with E-state index < -0.39 is 20.0 Å². The zero-order valence-corrected chi connectivity index (χ0v) is 37.3. The number of phosphoric ester groups is 1. The smallest absolute Gasteiger partial charge is 0.268 e. The molecule has 0 spiro atoms. The van der Waals surface area contributed by atoms with E-state index in [9.17, 15) is 19.4 Å². The van der Waals surface area contributed by atoms with Gasteiger partial charge in [-0.05, 0) is 51.4 Å². The molecule has 1 amide bonds. The predicted molar refractivity (Wildman–Crippen MR) is 233 cm³/mol. The summed E-state index contributed by atoms with van der Waals surface area (Å²) < 4.78 is 23.1. The van der Waals surface area contributed by atoms with Crippen LogP contribution in [0.15, 0.2) is 48.6 Å². The number of unbranched alkanes of at least 4 members (excludes halogenated alkanes) is 19. The molecule has 0 heterocycles. The zero-order valence-electron chi connectivity index (χ0n) is 36.4. The molecule has 3 unspecified atom stereocenters. The molecule has 3 atom stereocenters. The summed E-state index contributed by atoms with van der Waals surface area (Å²) in [5, 5.41) is 13.7. The van der Waals surface area contributed by atoms with Crippen LogP contribution in [0.5, 0.6) is 0 Å². The lowest BCUT2D eigenvalue weighted by molar-refractivity contribution is -0.870. The second-order valence-electron chi connectivity index (χ2n) is 16.4. The molecule has 0 aromatic carbocycles. The van der Waals surface area contributed by atoms with Gasteiger partial charge in [0.1, 0.15) is 13.2 Å². The van der Waals surface area contributed by atoms with Crippen molar-refractivity contribution in [3.63, 3.8) is 0 Å². The van der Waals surface area contributed by atoms with Crippen LogP contribution in [0.2, 0.25) is 0 Å². The number of hydrogen-bond acceptors (Lipinski definition) is 6. The highest BCUT2D eigenvalue weighted by molar-refractivity contribution is 7.45. The van der Waals surface area contributed by atoms with Crippen LogP contribution in [0, 0.1) is 0 Å². The van der Waals surface area contributed by atoms with E-state index in [1.807, 2.05) is 21.1 Å². The number of aliphatic hydroxyl groups excluding tert-OH is 1. The van der Waals surface area contributed by atoms with E-state index in [0.29, 0.717) is 23.9 Å². The van der Waals surface area contributed by atoms with Gasteiger partial charge < -0.3 is 28.8 Å². The molecule has 322 valence electrons. The van der Waals surface area contributed by atoms with E-state index >= 15 is 0 Å². The Balaban J connectivity index is 4.00. The first-order chi connectivity index (χ1) is 26.5. The Morgan fingerprint density at radius 3 is 1.62 bits per heavy atom.